The first-order valence-electron chi connectivity index (χ1n) is 8.10. The standard InChI is InChI=1S/C18H20N4O3/c1-22-16(20-21-18(22)24)9-10-19-17(23)12-14(15-8-5-11-25-15)13-6-3-2-4-7-13/h2-8,11,14H,9-10,12H2,1H3,(H,19,23)(H,21,24). The number of benzene rings is 1. The van der Waals surface area contributed by atoms with E-state index in [0.29, 0.717) is 18.8 Å². The zero-order valence-corrected chi connectivity index (χ0v) is 13.9. The second kappa shape index (κ2) is 7.65. The molecule has 0 fully saturated rings. The van der Waals surface area contributed by atoms with Gasteiger partial charge in [0.2, 0.25) is 5.91 Å². The van der Waals surface area contributed by atoms with E-state index in [1.165, 1.54) is 4.57 Å². The molecule has 1 unspecified atom stereocenters. The van der Waals surface area contributed by atoms with Crippen molar-refractivity contribution >= 4 is 5.91 Å². The van der Waals surface area contributed by atoms with Gasteiger partial charge in [-0.3, -0.25) is 9.36 Å². The van der Waals surface area contributed by atoms with Gasteiger partial charge in [0.1, 0.15) is 11.6 Å². The van der Waals surface area contributed by atoms with Crippen molar-refractivity contribution in [2.24, 2.45) is 7.05 Å². The molecular weight excluding hydrogens is 320 g/mol. The molecule has 130 valence electrons. The first kappa shape index (κ1) is 16.8. The summed E-state index contributed by atoms with van der Waals surface area (Å²) in [5.74, 6) is 1.16. The van der Waals surface area contributed by atoms with E-state index < -0.39 is 0 Å². The van der Waals surface area contributed by atoms with Crippen LogP contribution < -0.4 is 11.0 Å². The largest absolute Gasteiger partial charge is 0.469 e. The third-order valence-electron chi connectivity index (χ3n) is 4.12. The number of nitrogens with zero attached hydrogens (tertiary/aromatic N) is 2. The number of furan rings is 1. The van der Waals surface area contributed by atoms with Gasteiger partial charge in [0.25, 0.3) is 0 Å². The molecule has 0 aliphatic heterocycles. The van der Waals surface area contributed by atoms with E-state index in [1.54, 1.807) is 13.3 Å². The number of rotatable bonds is 7. The van der Waals surface area contributed by atoms with Crippen LogP contribution in [0.15, 0.2) is 57.9 Å². The highest BCUT2D eigenvalue weighted by Gasteiger charge is 2.20. The number of aromatic amines is 1. The molecule has 2 aromatic heterocycles. The van der Waals surface area contributed by atoms with Crippen LogP contribution in [0.5, 0.6) is 0 Å². The summed E-state index contributed by atoms with van der Waals surface area (Å²) in [5, 5.41) is 9.18. The first-order chi connectivity index (χ1) is 12.1. The Morgan fingerprint density at radius 2 is 2.08 bits per heavy atom. The molecule has 0 radical (unpaired) electrons. The second-order valence-electron chi connectivity index (χ2n) is 5.79. The molecular formula is C18H20N4O3. The van der Waals surface area contributed by atoms with E-state index in [0.717, 1.165) is 11.3 Å². The molecule has 2 heterocycles. The molecule has 0 aliphatic carbocycles. The van der Waals surface area contributed by atoms with Gasteiger partial charge >= 0.3 is 5.69 Å². The van der Waals surface area contributed by atoms with Gasteiger partial charge in [0, 0.05) is 26.4 Å². The Bertz CT molecular complexity index is 865. The number of hydrogen-bond acceptors (Lipinski definition) is 4. The molecule has 3 aromatic rings. The Kier molecular flexibility index (Phi) is 5.13. The van der Waals surface area contributed by atoms with Crippen molar-refractivity contribution < 1.29 is 9.21 Å². The minimum atomic E-state index is -0.261. The van der Waals surface area contributed by atoms with Gasteiger partial charge in [-0.15, -0.1) is 0 Å². The van der Waals surface area contributed by atoms with Crippen LogP contribution in [0.3, 0.4) is 0 Å². The second-order valence-corrected chi connectivity index (χ2v) is 5.79. The normalized spacial score (nSPS) is 12.0. The highest BCUT2D eigenvalue weighted by Crippen LogP contribution is 2.28. The Hall–Kier alpha value is -3.09. The summed E-state index contributed by atoms with van der Waals surface area (Å²) >= 11 is 0. The molecule has 1 aromatic carbocycles. The molecule has 1 atom stereocenters. The molecule has 7 nitrogen and oxygen atoms in total. The van der Waals surface area contributed by atoms with Crippen molar-refractivity contribution in [1.82, 2.24) is 20.1 Å². The van der Waals surface area contributed by atoms with Gasteiger partial charge in [-0.25, -0.2) is 9.89 Å². The molecule has 7 heteroatoms. The lowest BCUT2D eigenvalue weighted by Gasteiger charge is -2.15. The molecule has 0 aliphatic rings. The minimum Gasteiger partial charge on any atom is -0.469 e. The molecule has 2 N–H and O–H groups in total. The number of hydrogen-bond donors (Lipinski definition) is 2. The number of aromatic nitrogens is 3. The summed E-state index contributed by atoms with van der Waals surface area (Å²) < 4.78 is 6.94. The fourth-order valence-electron chi connectivity index (χ4n) is 2.73. The van der Waals surface area contributed by atoms with Gasteiger partial charge in [-0.05, 0) is 17.7 Å². The fraction of sp³-hybridized carbons (Fsp3) is 0.278. The lowest BCUT2D eigenvalue weighted by molar-refractivity contribution is -0.121. The molecule has 0 saturated carbocycles. The summed E-state index contributed by atoms with van der Waals surface area (Å²) in [4.78, 5) is 23.7. The van der Waals surface area contributed by atoms with Crippen LogP contribution in [0, 0.1) is 0 Å². The van der Waals surface area contributed by atoms with E-state index in [1.807, 2.05) is 42.5 Å². The molecule has 0 spiro atoms. The monoisotopic (exact) mass is 340 g/mol. The quantitative estimate of drug-likeness (QED) is 0.683. The lowest BCUT2D eigenvalue weighted by Crippen LogP contribution is -2.28. The fourth-order valence-corrected chi connectivity index (χ4v) is 2.73. The summed E-state index contributed by atoms with van der Waals surface area (Å²) in [6.45, 7) is 0.413. The van der Waals surface area contributed by atoms with E-state index in [-0.39, 0.29) is 23.9 Å². The van der Waals surface area contributed by atoms with Gasteiger partial charge in [0.05, 0.1) is 12.2 Å². The van der Waals surface area contributed by atoms with Crippen molar-refractivity contribution in [2.75, 3.05) is 6.54 Å². The van der Waals surface area contributed by atoms with E-state index in [2.05, 4.69) is 15.5 Å². The molecule has 3 rings (SSSR count). The van der Waals surface area contributed by atoms with Crippen LogP contribution >= 0.6 is 0 Å². The van der Waals surface area contributed by atoms with Crippen LogP contribution in [-0.2, 0) is 18.3 Å². The number of carbonyl (C=O) groups is 1. The number of amides is 1. The Morgan fingerprint density at radius 3 is 2.72 bits per heavy atom. The SMILES string of the molecule is Cn1c(CCNC(=O)CC(c2ccccc2)c2ccco2)n[nH]c1=O. The van der Waals surface area contributed by atoms with E-state index in [4.69, 9.17) is 4.42 Å². The zero-order chi connectivity index (χ0) is 17.6. The Labute approximate surface area is 144 Å². The third-order valence-corrected chi connectivity index (χ3v) is 4.12. The maximum atomic E-state index is 12.4. The third kappa shape index (κ3) is 4.06. The van der Waals surface area contributed by atoms with Gasteiger partial charge in [-0.2, -0.15) is 5.10 Å². The minimum absolute atomic E-state index is 0.0780. The van der Waals surface area contributed by atoms with Crippen LogP contribution in [0.2, 0.25) is 0 Å². The molecule has 1 amide bonds. The van der Waals surface area contributed by atoms with Crippen LogP contribution in [0.4, 0.5) is 0 Å². The predicted molar refractivity (Wildman–Crippen MR) is 92.2 cm³/mol. The summed E-state index contributed by atoms with van der Waals surface area (Å²) in [6.07, 6.45) is 2.38. The lowest BCUT2D eigenvalue weighted by atomic mass is 9.93. The van der Waals surface area contributed by atoms with Gasteiger partial charge in [-0.1, -0.05) is 30.3 Å². The van der Waals surface area contributed by atoms with Gasteiger partial charge in [0.15, 0.2) is 0 Å². The van der Waals surface area contributed by atoms with Crippen LogP contribution in [0.1, 0.15) is 29.5 Å². The predicted octanol–water partition coefficient (Wildman–Crippen LogP) is 1.58. The maximum absolute atomic E-state index is 12.4. The van der Waals surface area contributed by atoms with Crippen molar-refractivity contribution in [3.05, 3.63) is 76.4 Å². The Morgan fingerprint density at radius 1 is 1.28 bits per heavy atom. The van der Waals surface area contributed by atoms with Crippen molar-refractivity contribution in [3.8, 4) is 0 Å². The summed E-state index contributed by atoms with van der Waals surface area (Å²) in [6, 6.07) is 13.5. The summed E-state index contributed by atoms with van der Waals surface area (Å²) in [5.41, 5.74) is 0.769. The average Bonchev–Trinajstić information content (AvgIpc) is 3.26. The summed E-state index contributed by atoms with van der Waals surface area (Å²) in [7, 11) is 1.64. The molecule has 0 saturated heterocycles. The first-order valence-corrected chi connectivity index (χ1v) is 8.10. The van der Waals surface area contributed by atoms with Crippen LogP contribution in [0.25, 0.3) is 0 Å². The van der Waals surface area contributed by atoms with Gasteiger partial charge < -0.3 is 9.73 Å². The van der Waals surface area contributed by atoms with Crippen molar-refractivity contribution in [1.29, 1.82) is 0 Å². The van der Waals surface area contributed by atoms with Crippen molar-refractivity contribution in [3.63, 3.8) is 0 Å². The Balaban J connectivity index is 1.61. The molecule has 25 heavy (non-hydrogen) atoms. The number of H-pyrrole nitrogens is 1. The van der Waals surface area contributed by atoms with E-state index >= 15 is 0 Å². The highest BCUT2D eigenvalue weighted by atomic mass is 16.3. The van der Waals surface area contributed by atoms with Crippen molar-refractivity contribution in [2.45, 2.75) is 18.8 Å². The van der Waals surface area contributed by atoms with E-state index in [9.17, 15) is 9.59 Å². The smallest absolute Gasteiger partial charge is 0.343 e. The number of carbonyl (C=O) groups excluding carboxylic acids is 1. The average molecular weight is 340 g/mol. The zero-order valence-electron chi connectivity index (χ0n) is 13.9. The maximum Gasteiger partial charge on any atom is 0.343 e. The number of nitrogens with one attached hydrogen (secondary N) is 2. The highest BCUT2D eigenvalue weighted by molar-refractivity contribution is 5.77. The molecule has 0 bridgehead atoms. The van der Waals surface area contributed by atoms with Crippen LogP contribution in [-0.4, -0.2) is 27.2 Å². The topological polar surface area (TPSA) is 92.9 Å².